The first-order valence-corrected chi connectivity index (χ1v) is 5.80. The summed E-state index contributed by atoms with van der Waals surface area (Å²) in [7, 11) is 0. The second-order valence-corrected chi connectivity index (χ2v) is 3.83. The summed E-state index contributed by atoms with van der Waals surface area (Å²) in [6.45, 7) is 0. The van der Waals surface area contributed by atoms with Crippen LogP contribution in [0.15, 0.2) is 28.8 Å². The van der Waals surface area contributed by atoms with Crippen LogP contribution >= 0.6 is 11.8 Å². The maximum Gasteiger partial charge on any atom is 0.261 e. The van der Waals surface area contributed by atoms with Crippen LogP contribution in [0.4, 0.5) is 0 Å². The predicted octanol–water partition coefficient (Wildman–Crippen LogP) is 2.31. The molecule has 0 aliphatic heterocycles. The SMILES string of the molecule is CSCc1noc(-c2ccccc2O)n1. The van der Waals surface area contributed by atoms with Crippen molar-refractivity contribution in [2.75, 3.05) is 6.26 Å². The summed E-state index contributed by atoms with van der Waals surface area (Å²) in [5, 5.41) is 13.4. The molecule has 78 valence electrons. The van der Waals surface area contributed by atoms with Crippen molar-refractivity contribution >= 4 is 11.8 Å². The summed E-state index contributed by atoms with van der Waals surface area (Å²) in [5.41, 5.74) is 0.567. The lowest BCUT2D eigenvalue weighted by Crippen LogP contribution is -1.83. The van der Waals surface area contributed by atoms with Crippen molar-refractivity contribution in [1.29, 1.82) is 0 Å². The highest BCUT2D eigenvalue weighted by Gasteiger charge is 2.11. The van der Waals surface area contributed by atoms with Crippen LogP contribution in [-0.2, 0) is 5.75 Å². The minimum atomic E-state index is 0.150. The third kappa shape index (κ3) is 2.12. The van der Waals surface area contributed by atoms with Crippen molar-refractivity contribution in [3.8, 4) is 17.2 Å². The number of para-hydroxylation sites is 1. The van der Waals surface area contributed by atoms with Crippen molar-refractivity contribution in [2.24, 2.45) is 0 Å². The van der Waals surface area contributed by atoms with Gasteiger partial charge in [0.2, 0.25) is 0 Å². The molecule has 0 aliphatic carbocycles. The average molecular weight is 222 g/mol. The lowest BCUT2D eigenvalue weighted by atomic mass is 10.2. The number of aromatic nitrogens is 2. The molecule has 0 fully saturated rings. The van der Waals surface area contributed by atoms with E-state index >= 15 is 0 Å². The predicted molar refractivity (Wildman–Crippen MR) is 58.6 cm³/mol. The van der Waals surface area contributed by atoms with Gasteiger partial charge in [-0.05, 0) is 18.4 Å². The van der Waals surface area contributed by atoms with E-state index in [9.17, 15) is 5.11 Å². The van der Waals surface area contributed by atoms with Gasteiger partial charge in [-0.3, -0.25) is 0 Å². The van der Waals surface area contributed by atoms with E-state index in [1.54, 1.807) is 30.0 Å². The fraction of sp³-hybridized carbons (Fsp3) is 0.200. The maximum atomic E-state index is 9.57. The molecule has 1 N–H and O–H groups in total. The first-order valence-electron chi connectivity index (χ1n) is 4.41. The first kappa shape index (κ1) is 10.0. The summed E-state index contributed by atoms with van der Waals surface area (Å²) in [4.78, 5) is 4.17. The molecule has 0 amide bonds. The van der Waals surface area contributed by atoms with Crippen LogP contribution in [0.5, 0.6) is 5.75 Å². The number of nitrogens with zero attached hydrogens (tertiary/aromatic N) is 2. The minimum Gasteiger partial charge on any atom is -0.507 e. The Kier molecular flexibility index (Phi) is 2.91. The lowest BCUT2D eigenvalue weighted by molar-refractivity contribution is 0.419. The zero-order valence-electron chi connectivity index (χ0n) is 8.17. The molecule has 0 unspecified atom stereocenters. The van der Waals surface area contributed by atoms with Crippen molar-refractivity contribution in [1.82, 2.24) is 10.1 Å². The molecular formula is C10H10N2O2S. The molecule has 1 aromatic carbocycles. The van der Waals surface area contributed by atoms with Crippen LogP contribution in [0, 0.1) is 0 Å². The Labute approximate surface area is 91.3 Å². The Morgan fingerprint density at radius 1 is 1.40 bits per heavy atom. The van der Waals surface area contributed by atoms with Crippen LogP contribution in [0.3, 0.4) is 0 Å². The molecular weight excluding hydrogens is 212 g/mol. The average Bonchev–Trinajstić information content (AvgIpc) is 2.68. The zero-order chi connectivity index (χ0) is 10.7. The molecule has 0 bridgehead atoms. The van der Waals surface area contributed by atoms with Gasteiger partial charge in [0.25, 0.3) is 5.89 Å². The molecule has 1 aromatic heterocycles. The fourth-order valence-electron chi connectivity index (χ4n) is 1.21. The van der Waals surface area contributed by atoms with Gasteiger partial charge in [-0.15, -0.1) is 0 Å². The standard InChI is InChI=1S/C10H10N2O2S/c1-15-6-9-11-10(14-12-9)7-4-2-3-5-8(7)13/h2-5,13H,6H2,1H3. The summed E-state index contributed by atoms with van der Waals surface area (Å²) in [6, 6.07) is 6.89. The van der Waals surface area contributed by atoms with E-state index in [0.717, 1.165) is 0 Å². The smallest absolute Gasteiger partial charge is 0.261 e. The first-order chi connectivity index (χ1) is 7.31. The molecule has 0 aliphatic rings. The molecule has 15 heavy (non-hydrogen) atoms. The highest BCUT2D eigenvalue weighted by Crippen LogP contribution is 2.27. The van der Waals surface area contributed by atoms with Gasteiger partial charge in [0.15, 0.2) is 5.82 Å². The summed E-state index contributed by atoms with van der Waals surface area (Å²) >= 11 is 1.62. The van der Waals surface area contributed by atoms with Crippen LogP contribution < -0.4 is 0 Å². The second-order valence-electron chi connectivity index (χ2n) is 2.97. The summed E-state index contributed by atoms with van der Waals surface area (Å²) in [6.07, 6.45) is 1.97. The number of hydrogen-bond acceptors (Lipinski definition) is 5. The number of hydrogen-bond donors (Lipinski definition) is 1. The Hall–Kier alpha value is -1.49. The molecule has 5 heteroatoms. The van der Waals surface area contributed by atoms with E-state index < -0.39 is 0 Å². The van der Waals surface area contributed by atoms with Crippen molar-refractivity contribution in [3.05, 3.63) is 30.1 Å². The number of phenolic OH excluding ortho intramolecular Hbond substituents is 1. The Morgan fingerprint density at radius 2 is 2.20 bits per heavy atom. The van der Waals surface area contributed by atoms with Gasteiger partial charge in [0.1, 0.15) is 5.75 Å². The minimum absolute atomic E-state index is 0.150. The van der Waals surface area contributed by atoms with Gasteiger partial charge in [-0.25, -0.2) is 0 Å². The number of thioether (sulfide) groups is 1. The van der Waals surface area contributed by atoms with Crippen LogP contribution in [-0.4, -0.2) is 21.5 Å². The fourth-order valence-corrected chi connectivity index (χ4v) is 1.58. The molecule has 0 saturated carbocycles. The van der Waals surface area contributed by atoms with Crippen LogP contribution in [0.25, 0.3) is 11.5 Å². The van der Waals surface area contributed by atoms with Crippen LogP contribution in [0.1, 0.15) is 5.82 Å². The van der Waals surface area contributed by atoms with E-state index in [1.807, 2.05) is 12.3 Å². The molecule has 0 atom stereocenters. The summed E-state index contributed by atoms with van der Waals surface area (Å²) < 4.78 is 5.05. The third-order valence-electron chi connectivity index (χ3n) is 1.88. The van der Waals surface area contributed by atoms with Crippen molar-refractivity contribution < 1.29 is 9.63 Å². The normalized spacial score (nSPS) is 10.5. The number of benzene rings is 1. The Balaban J connectivity index is 2.33. The molecule has 2 aromatic rings. The molecule has 1 heterocycles. The van der Waals surface area contributed by atoms with Crippen molar-refractivity contribution in [2.45, 2.75) is 5.75 Å². The molecule has 0 saturated heterocycles. The summed E-state index contributed by atoms with van der Waals surface area (Å²) in [5.74, 6) is 1.85. The van der Waals surface area contributed by atoms with E-state index in [2.05, 4.69) is 10.1 Å². The molecule has 4 nitrogen and oxygen atoms in total. The van der Waals surface area contributed by atoms with E-state index in [1.165, 1.54) is 0 Å². The van der Waals surface area contributed by atoms with Gasteiger partial charge in [0.05, 0.1) is 11.3 Å². The lowest BCUT2D eigenvalue weighted by Gasteiger charge is -1.96. The molecule has 0 spiro atoms. The van der Waals surface area contributed by atoms with Crippen molar-refractivity contribution in [3.63, 3.8) is 0 Å². The Bertz CT molecular complexity index is 456. The number of rotatable bonds is 3. The third-order valence-corrected chi connectivity index (χ3v) is 2.42. The molecule has 0 radical (unpaired) electrons. The molecule has 2 rings (SSSR count). The van der Waals surface area contributed by atoms with Gasteiger partial charge in [-0.1, -0.05) is 17.3 Å². The maximum absolute atomic E-state index is 9.57. The quantitative estimate of drug-likeness (QED) is 0.863. The Morgan fingerprint density at radius 3 is 2.93 bits per heavy atom. The topological polar surface area (TPSA) is 59.2 Å². The van der Waals surface area contributed by atoms with Gasteiger partial charge in [0, 0.05) is 0 Å². The van der Waals surface area contributed by atoms with Gasteiger partial charge >= 0.3 is 0 Å². The number of aromatic hydroxyl groups is 1. The van der Waals surface area contributed by atoms with E-state index in [0.29, 0.717) is 23.0 Å². The van der Waals surface area contributed by atoms with E-state index in [4.69, 9.17) is 4.52 Å². The number of phenols is 1. The van der Waals surface area contributed by atoms with Gasteiger partial charge < -0.3 is 9.63 Å². The highest BCUT2D eigenvalue weighted by molar-refractivity contribution is 7.97. The van der Waals surface area contributed by atoms with E-state index in [-0.39, 0.29) is 5.75 Å². The second kappa shape index (κ2) is 4.35. The van der Waals surface area contributed by atoms with Gasteiger partial charge in [-0.2, -0.15) is 16.7 Å². The highest BCUT2D eigenvalue weighted by atomic mass is 32.2. The van der Waals surface area contributed by atoms with Crippen LogP contribution in [0.2, 0.25) is 0 Å². The largest absolute Gasteiger partial charge is 0.507 e. The zero-order valence-corrected chi connectivity index (χ0v) is 8.99. The monoisotopic (exact) mass is 222 g/mol.